The molecule has 1 saturated carbocycles. The summed E-state index contributed by atoms with van der Waals surface area (Å²) in [6, 6.07) is -0.300. The maximum atomic E-state index is 11.9. The largest absolute Gasteiger partial charge is 0.444 e. The number of nitrogens with two attached hydrogens (primary N) is 1. The van der Waals surface area contributed by atoms with Crippen LogP contribution in [0.4, 0.5) is 4.79 Å². The van der Waals surface area contributed by atoms with E-state index in [1.165, 1.54) is 4.90 Å². The van der Waals surface area contributed by atoms with Crippen LogP contribution in [0.2, 0.25) is 0 Å². The molecule has 2 N–H and O–H groups in total. The van der Waals surface area contributed by atoms with Gasteiger partial charge in [0.05, 0.1) is 0 Å². The Balaban J connectivity index is 2.07. The minimum Gasteiger partial charge on any atom is -0.444 e. The summed E-state index contributed by atoms with van der Waals surface area (Å²) in [4.78, 5) is 24.7. The maximum absolute atomic E-state index is 11.9. The van der Waals surface area contributed by atoms with Gasteiger partial charge in [0.25, 0.3) is 0 Å². The molecule has 1 aliphatic heterocycles. The zero-order valence-electron chi connectivity index (χ0n) is 9.90. The number of ether oxygens (including phenoxy) is 1. The predicted octanol–water partition coefficient (Wildman–Crippen LogP) is 0.870. The number of hydrogen-bond acceptors (Lipinski definition) is 3. The first-order chi connectivity index (χ1) is 7.29. The first-order valence-electron chi connectivity index (χ1n) is 5.60. The summed E-state index contributed by atoms with van der Waals surface area (Å²) in [7, 11) is 0. The molecule has 2 fully saturated rings. The first kappa shape index (κ1) is 11.2. The van der Waals surface area contributed by atoms with Crippen LogP contribution in [0.3, 0.4) is 0 Å². The van der Waals surface area contributed by atoms with Gasteiger partial charge in [0.15, 0.2) is 0 Å². The molecule has 5 heteroatoms. The van der Waals surface area contributed by atoms with Crippen molar-refractivity contribution < 1.29 is 14.3 Å². The van der Waals surface area contributed by atoms with Crippen molar-refractivity contribution >= 4 is 12.0 Å². The number of nitrogens with zero attached hydrogens (tertiary/aromatic N) is 1. The van der Waals surface area contributed by atoms with Crippen molar-refractivity contribution in [2.24, 2.45) is 11.7 Å². The van der Waals surface area contributed by atoms with Crippen LogP contribution in [0.25, 0.3) is 0 Å². The number of amides is 2. The van der Waals surface area contributed by atoms with Gasteiger partial charge in [-0.1, -0.05) is 0 Å². The molecule has 1 heterocycles. The van der Waals surface area contributed by atoms with Crippen molar-refractivity contribution in [3.05, 3.63) is 0 Å². The van der Waals surface area contributed by atoms with E-state index in [9.17, 15) is 9.59 Å². The third-order valence-corrected chi connectivity index (χ3v) is 3.04. The van der Waals surface area contributed by atoms with Gasteiger partial charge in [-0.3, -0.25) is 9.69 Å². The lowest BCUT2D eigenvalue weighted by atomic mass is 10.1. The molecule has 0 aromatic rings. The van der Waals surface area contributed by atoms with Gasteiger partial charge in [0.2, 0.25) is 5.91 Å². The van der Waals surface area contributed by atoms with Crippen LogP contribution < -0.4 is 5.73 Å². The van der Waals surface area contributed by atoms with E-state index < -0.39 is 23.6 Å². The highest BCUT2D eigenvalue weighted by molar-refractivity contribution is 5.85. The summed E-state index contributed by atoms with van der Waals surface area (Å²) in [6.07, 6.45) is 1.25. The highest BCUT2D eigenvalue weighted by Crippen LogP contribution is 2.48. The summed E-state index contributed by atoms with van der Waals surface area (Å²) in [5.41, 5.74) is 4.75. The summed E-state index contributed by atoms with van der Waals surface area (Å²) in [5, 5.41) is 0. The molecule has 1 unspecified atom stereocenters. The monoisotopic (exact) mass is 226 g/mol. The molecular formula is C11H18N2O3. The van der Waals surface area contributed by atoms with Crippen molar-refractivity contribution in [1.82, 2.24) is 4.90 Å². The molecule has 0 aromatic heterocycles. The van der Waals surface area contributed by atoms with Gasteiger partial charge in [0, 0.05) is 6.04 Å². The maximum Gasteiger partial charge on any atom is 0.411 e. The van der Waals surface area contributed by atoms with Crippen LogP contribution >= 0.6 is 0 Å². The fraction of sp³-hybridized carbons (Fsp3) is 0.818. The highest BCUT2D eigenvalue weighted by atomic mass is 16.6. The molecule has 90 valence electrons. The number of fused-ring (bicyclic) bond motifs is 1. The molecule has 0 spiro atoms. The van der Waals surface area contributed by atoms with E-state index >= 15 is 0 Å². The third kappa shape index (κ3) is 1.99. The van der Waals surface area contributed by atoms with E-state index in [2.05, 4.69) is 0 Å². The van der Waals surface area contributed by atoms with Crippen LogP contribution in [0.1, 0.15) is 33.6 Å². The number of piperidine rings is 1. The molecule has 0 radical (unpaired) electrons. The number of primary amides is 1. The second kappa shape index (κ2) is 3.37. The molecule has 0 bridgehead atoms. The van der Waals surface area contributed by atoms with Gasteiger partial charge in [-0.2, -0.15) is 0 Å². The van der Waals surface area contributed by atoms with Crippen molar-refractivity contribution in [2.75, 3.05) is 0 Å². The summed E-state index contributed by atoms with van der Waals surface area (Å²) >= 11 is 0. The van der Waals surface area contributed by atoms with Crippen molar-refractivity contribution in [1.29, 1.82) is 0 Å². The van der Waals surface area contributed by atoms with E-state index in [1.54, 1.807) is 0 Å². The molecule has 5 nitrogen and oxygen atoms in total. The number of carbonyl (C=O) groups excluding carboxylic acids is 2. The van der Waals surface area contributed by atoms with Gasteiger partial charge in [-0.05, 0) is 39.5 Å². The normalized spacial score (nSPS) is 32.2. The summed E-state index contributed by atoms with van der Waals surface area (Å²) < 4.78 is 5.28. The lowest BCUT2D eigenvalue weighted by Crippen LogP contribution is -2.47. The van der Waals surface area contributed by atoms with Gasteiger partial charge in [0.1, 0.15) is 11.6 Å². The van der Waals surface area contributed by atoms with Gasteiger partial charge < -0.3 is 10.5 Å². The average molecular weight is 226 g/mol. The number of carbonyl (C=O) groups is 2. The second-order valence-corrected chi connectivity index (χ2v) is 5.60. The van der Waals surface area contributed by atoms with E-state index in [4.69, 9.17) is 10.5 Å². The van der Waals surface area contributed by atoms with Crippen LogP contribution in [0.5, 0.6) is 0 Å². The topological polar surface area (TPSA) is 72.6 Å². The Hall–Kier alpha value is -1.26. The van der Waals surface area contributed by atoms with Gasteiger partial charge in [-0.15, -0.1) is 0 Å². The standard InChI is InChI=1S/C11H18N2O3/c1-11(2,3)16-10(15)13-7-4-6(7)5-8(13)9(12)14/h6-8H,4-5H2,1-3H3,(H2,12,14)/t6-,7?,8-/m0/s1. The SMILES string of the molecule is CC(C)(C)OC(=O)N1C2C[C@H]2C[C@H]1C(N)=O. The molecule has 2 aliphatic rings. The van der Waals surface area contributed by atoms with Gasteiger partial charge >= 0.3 is 6.09 Å². The zero-order valence-corrected chi connectivity index (χ0v) is 9.90. The number of rotatable bonds is 1. The molecule has 16 heavy (non-hydrogen) atoms. The van der Waals surface area contributed by atoms with Crippen LogP contribution in [0, 0.1) is 5.92 Å². The van der Waals surface area contributed by atoms with E-state index in [-0.39, 0.29) is 6.04 Å². The smallest absolute Gasteiger partial charge is 0.411 e. The Bertz CT molecular complexity index is 335. The molecular weight excluding hydrogens is 208 g/mol. The molecule has 0 aromatic carbocycles. The van der Waals surface area contributed by atoms with E-state index in [0.717, 1.165) is 6.42 Å². The third-order valence-electron chi connectivity index (χ3n) is 3.04. The Morgan fingerprint density at radius 3 is 2.44 bits per heavy atom. The Kier molecular flexibility index (Phi) is 2.36. The highest BCUT2D eigenvalue weighted by Gasteiger charge is 2.56. The Morgan fingerprint density at radius 2 is 1.94 bits per heavy atom. The fourth-order valence-electron chi connectivity index (χ4n) is 2.29. The van der Waals surface area contributed by atoms with Crippen molar-refractivity contribution in [3.63, 3.8) is 0 Å². The van der Waals surface area contributed by atoms with Crippen LogP contribution in [-0.2, 0) is 9.53 Å². The summed E-state index contributed by atoms with van der Waals surface area (Å²) in [5.74, 6) is 0.0167. The zero-order chi connectivity index (χ0) is 12.1. The van der Waals surface area contributed by atoms with Gasteiger partial charge in [-0.25, -0.2) is 4.79 Å². The number of hydrogen-bond donors (Lipinski definition) is 1. The molecule has 2 amide bonds. The lowest BCUT2D eigenvalue weighted by molar-refractivity contribution is -0.122. The summed E-state index contributed by atoms with van der Waals surface area (Å²) in [6.45, 7) is 5.43. The lowest BCUT2D eigenvalue weighted by Gasteiger charge is -2.28. The Labute approximate surface area is 94.9 Å². The first-order valence-corrected chi connectivity index (χ1v) is 5.60. The van der Waals surface area contributed by atoms with E-state index in [0.29, 0.717) is 12.3 Å². The fourth-order valence-corrected chi connectivity index (χ4v) is 2.29. The molecule has 3 atom stereocenters. The van der Waals surface area contributed by atoms with Crippen LogP contribution in [-0.4, -0.2) is 34.6 Å². The second-order valence-electron chi connectivity index (χ2n) is 5.60. The molecule has 1 aliphatic carbocycles. The van der Waals surface area contributed by atoms with Crippen molar-refractivity contribution in [2.45, 2.75) is 51.3 Å². The van der Waals surface area contributed by atoms with Crippen LogP contribution in [0.15, 0.2) is 0 Å². The minimum atomic E-state index is -0.535. The molecule has 2 rings (SSSR count). The average Bonchev–Trinajstić information content (AvgIpc) is 2.73. The number of likely N-dealkylation sites (tertiary alicyclic amines) is 1. The van der Waals surface area contributed by atoms with E-state index in [1.807, 2.05) is 20.8 Å². The quantitative estimate of drug-likeness (QED) is 0.721. The molecule has 1 saturated heterocycles. The Morgan fingerprint density at radius 1 is 1.31 bits per heavy atom. The predicted molar refractivity (Wildman–Crippen MR) is 57.6 cm³/mol. The van der Waals surface area contributed by atoms with Crippen molar-refractivity contribution in [3.8, 4) is 0 Å². The minimum absolute atomic E-state index is 0.173.